The van der Waals surface area contributed by atoms with Crippen LogP contribution in [0.4, 0.5) is 0 Å². The Kier molecular flexibility index (Phi) is 7.27. The molecule has 0 saturated carbocycles. The quantitative estimate of drug-likeness (QED) is 0.759. The molecule has 1 aromatic carbocycles. The molecule has 0 aliphatic carbocycles. The van der Waals surface area contributed by atoms with E-state index >= 15 is 0 Å². The average molecular weight is 373 g/mol. The zero-order valence-corrected chi connectivity index (χ0v) is 17.1. The summed E-state index contributed by atoms with van der Waals surface area (Å²) in [6, 6.07) is 10.6. The van der Waals surface area contributed by atoms with E-state index in [9.17, 15) is 4.79 Å². The van der Waals surface area contributed by atoms with Crippen molar-refractivity contribution in [3.05, 3.63) is 35.9 Å². The van der Waals surface area contributed by atoms with E-state index in [0.717, 1.165) is 65.3 Å². The van der Waals surface area contributed by atoms with Gasteiger partial charge < -0.3 is 15.1 Å². The van der Waals surface area contributed by atoms with Gasteiger partial charge in [-0.3, -0.25) is 9.69 Å². The van der Waals surface area contributed by atoms with Crippen molar-refractivity contribution in [1.82, 2.24) is 20.0 Å². The molecule has 1 amide bonds. The zero-order valence-electron chi connectivity index (χ0n) is 17.1. The Hall–Kier alpha value is -1.43. The van der Waals surface area contributed by atoms with Crippen molar-refractivity contribution in [3.8, 4) is 0 Å². The number of likely N-dealkylation sites (N-methyl/N-ethyl adjacent to an activating group) is 1. The highest BCUT2D eigenvalue weighted by molar-refractivity contribution is 5.76. The number of hydrogen-bond acceptors (Lipinski definition) is 4. The maximum Gasteiger partial charge on any atom is 0.221 e. The first-order valence-electron chi connectivity index (χ1n) is 10.6. The highest BCUT2D eigenvalue weighted by atomic mass is 16.1. The number of likely N-dealkylation sites (tertiary alicyclic amines) is 1. The molecule has 2 aliphatic heterocycles. The molecule has 0 aromatic heterocycles. The number of piperazine rings is 1. The normalized spacial score (nSPS) is 25.0. The van der Waals surface area contributed by atoms with Crippen molar-refractivity contribution < 1.29 is 4.79 Å². The lowest BCUT2D eigenvalue weighted by molar-refractivity contribution is -0.122. The minimum Gasteiger partial charge on any atom is -0.354 e. The molecule has 27 heavy (non-hydrogen) atoms. The number of amides is 1. The van der Waals surface area contributed by atoms with Crippen LogP contribution in [0.25, 0.3) is 0 Å². The largest absolute Gasteiger partial charge is 0.354 e. The average Bonchev–Trinajstić information content (AvgIpc) is 3.06. The number of nitrogens with zero attached hydrogens (tertiary/aromatic N) is 3. The lowest BCUT2D eigenvalue weighted by Gasteiger charge is -2.36. The highest BCUT2D eigenvalue weighted by Gasteiger charge is 2.36. The van der Waals surface area contributed by atoms with Gasteiger partial charge in [-0.1, -0.05) is 37.3 Å². The fourth-order valence-corrected chi connectivity index (χ4v) is 4.32. The van der Waals surface area contributed by atoms with Crippen LogP contribution < -0.4 is 5.32 Å². The molecule has 2 aliphatic rings. The molecule has 1 atom stereocenters. The summed E-state index contributed by atoms with van der Waals surface area (Å²) in [5.74, 6) is 0.195. The van der Waals surface area contributed by atoms with E-state index < -0.39 is 0 Å². The topological polar surface area (TPSA) is 38.8 Å². The third kappa shape index (κ3) is 5.77. The fourth-order valence-electron chi connectivity index (χ4n) is 4.32. The van der Waals surface area contributed by atoms with Crippen molar-refractivity contribution in [2.75, 3.05) is 52.4 Å². The number of hydrogen-bond donors (Lipinski definition) is 1. The second-order valence-electron chi connectivity index (χ2n) is 8.31. The predicted octanol–water partition coefficient (Wildman–Crippen LogP) is 2.18. The molecule has 2 fully saturated rings. The van der Waals surface area contributed by atoms with Gasteiger partial charge in [-0.25, -0.2) is 0 Å². The molecule has 0 bridgehead atoms. The molecule has 150 valence electrons. The third-order valence-corrected chi connectivity index (χ3v) is 6.36. The number of carbonyl (C=O) groups excluding carboxylic acids is 1. The minimum atomic E-state index is 0.0677. The molecule has 3 rings (SSSR count). The number of rotatable bonds is 8. The molecule has 5 heteroatoms. The van der Waals surface area contributed by atoms with E-state index in [1.54, 1.807) is 0 Å². The SMILES string of the molecule is CCN1CCN(CCC(=O)NCC2(C)CCCN2Cc2ccccc2)CC1. The van der Waals surface area contributed by atoms with Gasteiger partial charge in [-0.15, -0.1) is 0 Å². The minimum absolute atomic E-state index is 0.0677. The van der Waals surface area contributed by atoms with Gasteiger partial charge in [0.1, 0.15) is 0 Å². The van der Waals surface area contributed by atoms with E-state index in [1.807, 2.05) is 0 Å². The standard InChI is InChI=1S/C22H36N4O/c1-3-24-14-16-25(17-15-24)13-10-21(27)23-19-22(2)11-7-12-26(22)18-20-8-5-4-6-9-20/h4-6,8-9H,3,7,10-19H2,1-2H3,(H,23,27). The van der Waals surface area contributed by atoms with Crippen LogP contribution in [0.15, 0.2) is 30.3 Å². The molecule has 2 saturated heterocycles. The van der Waals surface area contributed by atoms with Crippen molar-refractivity contribution >= 4 is 5.91 Å². The number of nitrogens with one attached hydrogen (secondary N) is 1. The molecule has 1 N–H and O–H groups in total. The maximum atomic E-state index is 12.4. The van der Waals surface area contributed by atoms with Gasteiger partial charge in [-0.05, 0) is 38.4 Å². The van der Waals surface area contributed by atoms with Gasteiger partial charge in [0.05, 0.1) is 0 Å². The van der Waals surface area contributed by atoms with Crippen LogP contribution in [0.2, 0.25) is 0 Å². The zero-order chi connectivity index (χ0) is 19.1. The summed E-state index contributed by atoms with van der Waals surface area (Å²) in [6.07, 6.45) is 2.97. The van der Waals surface area contributed by atoms with Crippen LogP contribution in [-0.4, -0.2) is 78.5 Å². The summed E-state index contributed by atoms with van der Waals surface area (Å²) in [5.41, 5.74) is 1.42. The van der Waals surface area contributed by atoms with Gasteiger partial charge in [0, 0.05) is 57.8 Å². The summed E-state index contributed by atoms with van der Waals surface area (Å²) in [5, 5.41) is 3.22. The Morgan fingerprint density at radius 3 is 2.48 bits per heavy atom. The Morgan fingerprint density at radius 2 is 1.78 bits per heavy atom. The van der Waals surface area contributed by atoms with Crippen LogP contribution in [0.5, 0.6) is 0 Å². The van der Waals surface area contributed by atoms with Crippen LogP contribution >= 0.6 is 0 Å². The van der Waals surface area contributed by atoms with Gasteiger partial charge in [0.2, 0.25) is 5.91 Å². The monoisotopic (exact) mass is 372 g/mol. The van der Waals surface area contributed by atoms with Crippen molar-refractivity contribution in [2.24, 2.45) is 0 Å². The van der Waals surface area contributed by atoms with E-state index in [0.29, 0.717) is 6.42 Å². The van der Waals surface area contributed by atoms with Crippen LogP contribution in [0.3, 0.4) is 0 Å². The molecule has 1 unspecified atom stereocenters. The fraction of sp³-hybridized carbons (Fsp3) is 0.682. The first-order chi connectivity index (χ1) is 13.1. The molecular weight excluding hydrogens is 336 g/mol. The van der Waals surface area contributed by atoms with Gasteiger partial charge in [0.15, 0.2) is 0 Å². The summed E-state index contributed by atoms with van der Waals surface area (Å²) in [6.45, 7) is 13.8. The summed E-state index contributed by atoms with van der Waals surface area (Å²) in [7, 11) is 0. The number of benzene rings is 1. The third-order valence-electron chi connectivity index (χ3n) is 6.36. The van der Waals surface area contributed by atoms with Crippen molar-refractivity contribution in [2.45, 2.75) is 45.2 Å². The Bertz CT molecular complexity index is 585. The second-order valence-corrected chi connectivity index (χ2v) is 8.31. The Balaban J connectivity index is 1.40. The Labute approximate surface area is 164 Å². The molecule has 1 aromatic rings. The van der Waals surface area contributed by atoms with E-state index in [-0.39, 0.29) is 11.4 Å². The molecule has 2 heterocycles. The van der Waals surface area contributed by atoms with Gasteiger partial charge in [0.25, 0.3) is 0 Å². The van der Waals surface area contributed by atoms with Crippen LogP contribution in [0.1, 0.15) is 38.7 Å². The molecule has 0 spiro atoms. The predicted molar refractivity (Wildman–Crippen MR) is 111 cm³/mol. The maximum absolute atomic E-state index is 12.4. The summed E-state index contributed by atoms with van der Waals surface area (Å²) in [4.78, 5) is 19.8. The van der Waals surface area contributed by atoms with Crippen molar-refractivity contribution in [3.63, 3.8) is 0 Å². The van der Waals surface area contributed by atoms with Crippen molar-refractivity contribution in [1.29, 1.82) is 0 Å². The first-order valence-corrected chi connectivity index (χ1v) is 10.6. The lowest BCUT2D eigenvalue weighted by Crippen LogP contribution is -2.50. The van der Waals surface area contributed by atoms with E-state index in [4.69, 9.17) is 0 Å². The molecular formula is C22H36N4O. The van der Waals surface area contributed by atoms with Crippen LogP contribution in [-0.2, 0) is 11.3 Å². The van der Waals surface area contributed by atoms with Gasteiger partial charge in [-0.2, -0.15) is 0 Å². The molecule has 5 nitrogen and oxygen atoms in total. The number of carbonyl (C=O) groups is 1. The first kappa shape index (κ1) is 20.3. The van der Waals surface area contributed by atoms with E-state index in [2.05, 4.69) is 64.2 Å². The molecule has 0 radical (unpaired) electrons. The summed E-state index contributed by atoms with van der Waals surface area (Å²) >= 11 is 0. The highest BCUT2D eigenvalue weighted by Crippen LogP contribution is 2.30. The summed E-state index contributed by atoms with van der Waals surface area (Å²) < 4.78 is 0. The van der Waals surface area contributed by atoms with Crippen LogP contribution in [0, 0.1) is 0 Å². The lowest BCUT2D eigenvalue weighted by atomic mass is 9.98. The smallest absolute Gasteiger partial charge is 0.221 e. The second kappa shape index (κ2) is 9.67. The van der Waals surface area contributed by atoms with Gasteiger partial charge >= 0.3 is 0 Å². The Morgan fingerprint density at radius 1 is 1.07 bits per heavy atom. The van der Waals surface area contributed by atoms with E-state index in [1.165, 1.54) is 12.0 Å².